The predicted molar refractivity (Wildman–Crippen MR) is 53.1 cm³/mol. The van der Waals surface area contributed by atoms with Crippen molar-refractivity contribution < 1.29 is 4.79 Å². The second-order valence-electron chi connectivity index (χ2n) is 3.39. The molecular weight excluding hydrogens is 182 g/mol. The third-order valence-corrected chi connectivity index (χ3v) is 3.58. The summed E-state index contributed by atoms with van der Waals surface area (Å²) in [6.45, 7) is 0. The Bertz CT molecular complexity index is 282. The van der Waals surface area contributed by atoms with E-state index in [0.29, 0.717) is 6.42 Å². The molecule has 0 aliphatic heterocycles. The normalized spacial score (nSPS) is 15.4. The third-order valence-electron chi connectivity index (χ3n) is 2.37. The lowest BCUT2D eigenvalue weighted by Gasteiger charge is -2.06. The number of carbonyl (C=O) groups is 1. The van der Waals surface area contributed by atoms with Crippen molar-refractivity contribution in [3.05, 3.63) is 15.6 Å². The third kappa shape index (κ3) is 1.97. The molecule has 2 nitrogen and oxygen atoms in total. The minimum Gasteiger partial charge on any atom is -0.303 e. The number of thiazole rings is 1. The number of aldehydes is 1. The van der Waals surface area contributed by atoms with Crippen LogP contribution < -0.4 is 0 Å². The number of hydrogen-bond donors (Lipinski definition) is 0. The molecule has 0 atom stereocenters. The van der Waals surface area contributed by atoms with E-state index >= 15 is 0 Å². The van der Waals surface area contributed by atoms with Crippen molar-refractivity contribution in [3.8, 4) is 0 Å². The van der Waals surface area contributed by atoms with Crippen molar-refractivity contribution in [3.63, 3.8) is 0 Å². The van der Waals surface area contributed by atoms with Gasteiger partial charge in [-0.05, 0) is 25.7 Å². The van der Waals surface area contributed by atoms with Crippen LogP contribution in [0, 0.1) is 0 Å². The van der Waals surface area contributed by atoms with Crippen molar-refractivity contribution >= 4 is 17.6 Å². The van der Waals surface area contributed by atoms with Gasteiger partial charge >= 0.3 is 0 Å². The van der Waals surface area contributed by atoms with Gasteiger partial charge in [0.05, 0.1) is 10.7 Å². The average Bonchev–Trinajstić information content (AvgIpc) is 2.57. The van der Waals surface area contributed by atoms with E-state index in [0.717, 1.165) is 24.1 Å². The van der Waals surface area contributed by atoms with Gasteiger partial charge in [-0.1, -0.05) is 0 Å². The summed E-state index contributed by atoms with van der Waals surface area (Å²) in [6.07, 6.45) is 7.36. The van der Waals surface area contributed by atoms with Crippen LogP contribution >= 0.6 is 11.3 Å². The first-order chi connectivity index (χ1) is 6.40. The summed E-state index contributed by atoms with van der Waals surface area (Å²) in [4.78, 5) is 16.2. The molecule has 2 rings (SSSR count). The summed E-state index contributed by atoms with van der Waals surface area (Å²) in [6, 6.07) is 0. The van der Waals surface area contributed by atoms with Gasteiger partial charge in [0.1, 0.15) is 6.29 Å². The molecule has 0 saturated carbocycles. The molecule has 0 saturated heterocycles. The predicted octanol–water partition coefficient (Wildman–Crippen LogP) is 2.15. The molecule has 0 amide bonds. The molecular formula is C10H13NOS. The van der Waals surface area contributed by atoms with Crippen molar-refractivity contribution in [2.75, 3.05) is 0 Å². The monoisotopic (exact) mass is 195 g/mol. The molecule has 0 unspecified atom stereocenters. The van der Waals surface area contributed by atoms with Crippen LogP contribution in [0.25, 0.3) is 0 Å². The Kier molecular flexibility index (Phi) is 2.74. The molecule has 3 heteroatoms. The Morgan fingerprint density at radius 1 is 1.38 bits per heavy atom. The highest BCUT2D eigenvalue weighted by Gasteiger charge is 2.14. The van der Waals surface area contributed by atoms with E-state index < -0.39 is 0 Å². The number of fused-ring (bicyclic) bond motifs is 1. The van der Waals surface area contributed by atoms with Crippen molar-refractivity contribution in [2.45, 2.75) is 38.5 Å². The quantitative estimate of drug-likeness (QED) is 0.692. The molecule has 70 valence electrons. The van der Waals surface area contributed by atoms with Gasteiger partial charge in [-0.3, -0.25) is 0 Å². The number of hydrogen-bond acceptors (Lipinski definition) is 3. The Labute approximate surface area is 82.0 Å². The number of aromatic nitrogens is 1. The van der Waals surface area contributed by atoms with E-state index in [1.807, 2.05) is 0 Å². The summed E-state index contributed by atoms with van der Waals surface area (Å²) in [5.74, 6) is 0. The van der Waals surface area contributed by atoms with E-state index in [1.165, 1.54) is 29.8 Å². The van der Waals surface area contributed by atoms with Crippen LogP contribution in [0.2, 0.25) is 0 Å². The van der Waals surface area contributed by atoms with Gasteiger partial charge in [0.25, 0.3) is 0 Å². The fourth-order valence-electron chi connectivity index (χ4n) is 1.69. The Hall–Kier alpha value is -0.700. The van der Waals surface area contributed by atoms with Gasteiger partial charge in [-0.25, -0.2) is 4.98 Å². The van der Waals surface area contributed by atoms with Crippen LogP contribution in [0.1, 0.15) is 34.8 Å². The standard InChI is InChI=1S/C10H13NOS/c12-7-3-6-10-11-8-4-1-2-5-9(8)13-10/h7H,1-6H2. The van der Waals surface area contributed by atoms with E-state index in [1.54, 1.807) is 11.3 Å². The van der Waals surface area contributed by atoms with Crippen LogP contribution in [0.15, 0.2) is 0 Å². The van der Waals surface area contributed by atoms with Crippen molar-refractivity contribution in [1.29, 1.82) is 0 Å². The molecule has 13 heavy (non-hydrogen) atoms. The number of carbonyl (C=O) groups excluding carboxylic acids is 1. The summed E-state index contributed by atoms with van der Waals surface area (Å²) in [5.41, 5.74) is 1.30. The van der Waals surface area contributed by atoms with E-state index in [-0.39, 0.29) is 0 Å². The highest BCUT2D eigenvalue weighted by Crippen LogP contribution is 2.26. The largest absolute Gasteiger partial charge is 0.303 e. The summed E-state index contributed by atoms with van der Waals surface area (Å²) < 4.78 is 0. The molecule has 0 N–H and O–H groups in total. The van der Waals surface area contributed by atoms with Crippen LogP contribution in [-0.4, -0.2) is 11.3 Å². The smallest absolute Gasteiger partial charge is 0.120 e. The molecule has 1 aromatic rings. The molecule has 0 aromatic carbocycles. The molecule has 0 fully saturated rings. The molecule has 1 aliphatic rings. The Balaban J connectivity index is 2.11. The van der Waals surface area contributed by atoms with E-state index in [2.05, 4.69) is 4.98 Å². The lowest BCUT2D eigenvalue weighted by atomic mass is 10.0. The van der Waals surface area contributed by atoms with Crippen molar-refractivity contribution in [2.24, 2.45) is 0 Å². The first-order valence-corrected chi connectivity index (χ1v) is 5.63. The molecule has 0 radical (unpaired) electrons. The van der Waals surface area contributed by atoms with Crippen LogP contribution in [0.4, 0.5) is 0 Å². The van der Waals surface area contributed by atoms with Crippen LogP contribution in [0.5, 0.6) is 0 Å². The van der Waals surface area contributed by atoms with Crippen molar-refractivity contribution in [1.82, 2.24) is 4.98 Å². The van der Waals surface area contributed by atoms with Gasteiger partial charge in [0.15, 0.2) is 0 Å². The minimum atomic E-state index is 0.617. The summed E-state index contributed by atoms with van der Waals surface area (Å²) >= 11 is 1.81. The fraction of sp³-hybridized carbons (Fsp3) is 0.600. The Morgan fingerprint density at radius 2 is 2.23 bits per heavy atom. The second kappa shape index (κ2) is 4.01. The average molecular weight is 195 g/mol. The maximum atomic E-state index is 10.2. The van der Waals surface area contributed by atoms with Crippen LogP contribution in [0.3, 0.4) is 0 Å². The number of rotatable bonds is 3. The van der Waals surface area contributed by atoms with Crippen LogP contribution in [-0.2, 0) is 24.1 Å². The lowest BCUT2D eigenvalue weighted by Crippen LogP contribution is -1.99. The highest BCUT2D eigenvalue weighted by atomic mass is 32.1. The fourth-order valence-corrected chi connectivity index (χ4v) is 2.87. The first kappa shape index (κ1) is 8.88. The highest BCUT2D eigenvalue weighted by molar-refractivity contribution is 7.11. The van der Waals surface area contributed by atoms with Gasteiger partial charge in [-0.15, -0.1) is 11.3 Å². The topological polar surface area (TPSA) is 30.0 Å². The van der Waals surface area contributed by atoms with Gasteiger partial charge < -0.3 is 4.79 Å². The summed E-state index contributed by atoms with van der Waals surface area (Å²) in [5, 5.41) is 1.15. The Morgan fingerprint density at radius 3 is 3.00 bits per heavy atom. The SMILES string of the molecule is O=CCCc1nc2c(s1)CCCC2. The first-order valence-electron chi connectivity index (χ1n) is 4.81. The number of aryl methyl sites for hydroxylation is 3. The molecule has 1 aliphatic carbocycles. The maximum Gasteiger partial charge on any atom is 0.120 e. The minimum absolute atomic E-state index is 0.617. The second-order valence-corrected chi connectivity index (χ2v) is 4.56. The summed E-state index contributed by atoms with van der Waals surface area (Å²) in [7, 11) is 0. The van der Waals surface area contributed by atoms with Gasteiger partial charge in [-0.2, -0.15) is 0 Å². The zero-order valence-corrected chi connectivity index (χ0v) is 8.40. The van der Waals surface area contributed by atoms with E-state index in [4.69, 9.17) is 0 Å². The molecule has 0 spiro atoms. The molecule has 1 heterocycles. The maximum absolute atomic E-state index is 10.2. The zero-order valence-electron chi connectivity index (χ0n) is 7.58. The lowest BCUT2D eigenvalue weighted by molar-refractivity contribution is -0.107. The molecule has 0 bridgehead atoms. The van der Waals surface area contributed by atoms with Gasteiger partial charge in [0.2, 0.25) is 0 Å². The molecule has 1 aromatic heterocycles. The van der Waals surface area contributed by atoms with Gasteiger partial charge in [0, 0.05) is 17.7 Å². The van der Waals surface area contributed by atoms with E-state index in [9.17, 15) is 4.79 Å². The zero-order chi connectivity index (χ0) is 9.10. The number of nitrogens with zero attached hydrogens (tertiary/aromatic N) is 1.